The molecular weight excluding hydrogens is 531 g/mol. The number of hydrogen-bond acceptors (Lipinski definition) is 7. The van der Waals surface area contributed by atoms with E-state index in [0.717, 1.165) is 22.2 Å². The summed E-state index contributed by atoms with van der Waals surface area (Å²) in [5.74, 6) is -0.816. The summed E-state index contributed by atoms with van der Waals surface area (Å²) in [6, 6.07) is 24.7. The van der Waals surface area contributed by atoms with Gasteiger partial charge in [-0.1, -0.05) is 42.5 Å². The molecule has 0 aliphatic heterocycles. The van der Waals surface area contributed by atoms with Crippen molar-refractivity contribution in [2.45, 2.75) is 19.9 Å². The lowest BCUT2D eigenvalue weighted by molar-refractivity contribution is 0.433. The molecule has 1 atom stereocenters. The third kappa shape index (κ3) is 4.92. The highest BCUT2D eigenvalue weighted by atomic mass is 19.1. The van der Waals surface area contributed by atoms with Crippen molar-refractivity contribution in [3.05, 3.63) is 125 Å². The number of phenolic OH excluding ortho intramolecular Hbond substituents is 1. The smallest absolute Gasteiger partial charge is 0.263 e. The number of rotatable bonds is 6. The second kappa shape index (κ2) is 10.8. The van der Waals surface area contributed by atoms with Crippen LogP contribution in [0.2, 0.25) is 0 Å². The SMILES string of the molecule is Cc1cc(-c2cccc3cc([C@H](C)Nc4nc(N)ncc4-c4ccc(F)c(O)c4)n(-c4ccccc4)c(=O)c23)ccn1. The van der Waals surface area contributed by atoms with Crippen molar-refractivity contribution >= 4 is 22.5 Å². The van der Waals surface area contributed by atoms with Gasteiger partial charge in [-0.05, 0) is 78.4 Å². The summed E-state index contributed by atoms with van der Waals surface area (Å²) >= 11 is 0. The van der Waals surface area contributed by atoms with Crippen LogP contribution in [0, 0.1) is 12.7 Å². The zero-order valence-electron chi connectivity index (χ0n) is 22.9. The topological polar surface area (TPSA) is 119 Å². The summed E-state index contributed by atoms with van der Waals surface area (Å²) in [5, 5.41) is 14.7. The molecule has 6 rings (SSSR count). The molecule has 0 unspecified atom stereocenters. The minimum Gasteiger partial charge on any atom is -0.505 e. The van der Waals surface area contributed by atoms with E-state index < -0.39 is 17.6 Å². The summed E-state index contributed by atoms with van der Waals surface area (Å²) in [6.07, 6.45) is 3.25. The molecule has 0 fully saturated rings. The number of pyridine rings is 2. The number of halogens is 1. The zero-order chi connectivity index (χ0) is 29.4. The number of phenols is 1. The number of aryl methyl sites for hydroxylation is 1. The van der Waals surface area contributed by atoms with Gasteiger partial charge < -0.3 is 16.2 Å². The average molecular weight is 559 g/mol. The van der Waals surface area contributed by atoms with Crippen molar-refractivity contribution < 1.29 is 9.50 Å². The fourth-order valence-electron chi connectivity index (χ4n) is 5.17. The highest BCUT2D eigenvalue weighted by molar-refractivity contribution is 5.96. The summed E-state index contributed by atoms with van der Waals surface area (Å²) < 4.78 is 15.5. The van der Waals surface area contributed by atoms with Gasteiger partial charge in [0, 0.05) is 35.0 Å². The first-order valence-electron chi connectivity index (χ1n) is 13.3. The number of nitrogens with two attached hydrogens (primary N) is 1. The van der Waals surface area contributed by atoms with Crippen molar-refractivity contribution in [2.75, 3.05) is 11.1 Å². The minimum absolute atomic E-state index is 0.0380. The van der Waals surface area contributed by atoms with E-state index in [0.29, 0.717) is 33.7 Å². The largest absolute Gasteiger partial charge is 0.505 e. The number of nitrogen functional groups attached to an aromatic ring is 1. The molecular formula is C33H27FN6O2. The first-order chi connectivity index (χ1) is 20.3. The van der Waals surface area contributed by atoms with Crippen LogP contribution in [-0.4, -0.2) is 24.6 Å². The number of anilines is 2. The average Bonchev–Trinajstić information content (AvgIpc) is 2.99. The van der Waals surface area contributed by atoms with Crippen molar-refractivity contribution in [1.29, 1.82) is 0 Å². The molecule has 0 saturated heterocycles. The summed E-state index contributed by atoms with van der Waals surface area (Å²) in [5.41, 5.74) is 10.8. The van der Waals surface area contributed by atoms with Gasteiger partial charge in [-0.3, -0.25) is 14.3 Å². The van der Waals surface area contributed by atoms with E-state index in [9.17, 15) is 14.3 Å². The van der Waals surface area contributed by atoms with Gasteiger partial charge in [0.25, 0.3) is 5.56 Å². The Morgan fingerprint density at radius 3 is 2.48 bits per heavy atom. The highest BCUT2D eigenvalue weighted by Gasteiger charge is 2.21. The van der Waals surface area contributed by atoms with Crippen LogP contribution in [0.15, 0.2) is 102 Å². The number of aromatic hydroxyl groups is 1. The van der Waals surface area contributed by atoms with Crippen molar-refractivity contribution in [1.82, 2.24) is 19.5 Å². The monoisotopic (exact) mass is 558 g/mol. The maximum Gasteiger partial charge on any atom is 0.263 e. The fraction of sp³-hybridized carbons (Fsp3) is 0.0909. The van der Waals surface area contributed by atoms with Crippen LogP contribution in [0.25, 0.3) is 38.7 Å². The summed E-state index contributed by atoms with van der Waals surface area (Å²) in [4.78, 5) is 27.2. The van der Waals surface area contributed by atoms with Gasteiger partial charge in [-0.15, -0.1) is 0 Å². The molecule has 0 amide bonds. The van der Waals surface area contributed by atoms with Gasteiger partial charge in [0.05, 0.1) is 11.4 Å². The molecule has 9 heteroatoms. The Kier molecular flexibility index (Phi) is 6.84. The molecule has 0 bridgehead atoms. The molecule has 208 valence electrons. The Labute approximate surface area is 241 Å². The van der Waals surface area contributed by atoms with E-state index in [1.807, 2.05) is 80.6 Å². The molecule has 3 aromatic heterocycles. The lowest BCUT2D eigenvalue weighted by atomic mass is 9.98. The molecule has 8 nitrogen and oxygen atoms in total. The normalized spacial score (nSPS) is 11.9. The molecule has 0 saturated carbocycles. The van der Waals surface area contributed by atoms with Crippen molar-refractivity contribution in [3.63, 3.8) is 0 Å². The van der Waals surface area contributed by atoms with Crippen molar-refractivity contribution in [3.8, 4) is 33.7 Å². The van der Waals surface area contributed by atoms with Crippen LogP contribution < -0.4 is 16.6 Å². The quantitative estimate of drug-likeness (QED) is 0.216. The van der Waals surface area contributed by atoms with Gasteiger partial charge in [-0.2, -0.15) is 4.98 Å². The Morgan fingerprint density at radius 2 is 1.71 bits per heavy atom. The van der Waals surface area contributed by atoms with Crippen LogP contribution in [0.1, 0.15) is 24.4 Å². The van der Waals surface area contributed by atoms with Crippen molar-refractivity contribution in [2.24, 2.45) is 0 Å². The molecule has 6 aromatic rings. The molecule has 3 heterocycles. The molecule has 0 aliphatic carbocycles. The number of nitrogens with zero attached hydrogens (tertiary/aromatic N) is 4. The zero-order valence-corrected chi connectivity index (χ0v) is 22.9. The molecule has 42 heavy (non-hydrogen) atoms. The lowest BCUT2D eigenvalue weighted by Gasteiger charge is -2.23. The standard InChI is InChI=1S/C33H27FN6O2/c1-19-15-22(13-14-36-19)25-10-6-7-23-16-28(40(32(42)30(23)25)24-8-4-3-5-9-24)20(2)38-31-26(18-37-33(35)39-31)21-11-12-27(34)29(41)17-21/h3-18,20,41H,1-2H3,(H3,35,37,38,39)/t20-/m0/s1. The molecule has 3 aromatic carbocycles. The summed E-state index contributed by atoms with van der Waals surface area (Å²) in [7, 11) is 0. The molecule has 4 N–H and O–H groups in total. The number of hydrogen-bond donors (Lipinski definition) is 3. The van der Waals surface area contributed by atoms with Gasteiger partial charge >= 0.3 is 0 Å². The van der Waals surface area contributed by atoms with E-state index in [4.69, 9.17) is 5.73 Å². The number of fused-ring (bicyclic) bond motifs is 1. The van der Waals surface area contributed by atoms with Crippen LogP contribution >= 0.6 is 0 Å². The molecule has 0 radical (unpaired) electrons. The fourth-order valence-corrected chi connectivity index (χ4v) is 5.17. The van der Waals surface area contributed by atoms with Gasteiger partial charge in [0.1, 0.15) is 5.82 Å². The Bertz CT molecular complexity index is 2010. The van der Waals surface area contributed by atoms with Crippen LogP contribution in [0.4, 0.5) is 16.2 Å². The van der Waals surface area contributed by atoms with E-state index in [-0.39, 0.29) is 11.5 Å². The van der Waals surface area contributed by atoms with Crippen LogP contribution in [0.3, 0.4) is 0 Å². The Hall–Kier alpha value is -5.57. The number of benzene rings is 3. The second-order valence-electron chi connectivity index (χ2n) is 10.0. The third-order valence-electron chi connectivity index (χ3n) is 7.16. The summed E-state index contributed by atoms with van der Waals surface area (Å²) in [6.45, 7) is 3.84. The number of nitrogens with one attached hydrogen (secondary N) is 1. The van der Waals surface area contributed by atoms with Gasteiger partial charge in [0.15, 0.2) is 11.6 Å². The third-order valence-corrected chi connectivity index (χ3v) is 7.16. The molecule has 0 aliphatic rings. The Morgan fingerprint density at radius 1 is 0.929 bits per heavy atom. The van der Waals surface area contributed by atoms with E-state index in [1.165, 1.54) is 24.4 Å². The maximum absolute atomic E-state index is 14.4. The van der Waals surface area contributed by atoms with E-state index >= 15 is 0 Å². The first kappa shape index (κ1) is 26.6. The van der Waals surface area contributed by atoms with Gasteiger partial charge in [0.2, 0.25) is 5.95 Å². The van der Waals surface area contributed by atoms with Gasteiger partial charge in [-0.25, -0.2) is 9.37 Å². The second-order valence-corrected chi connectivity index (χ2v) is 10.0. The van der Waals surface area contributed by atoms with E-state index in [2.05, 4.69) is 20.3 Å². The van der Waals surface area contributed by atoms with Crippen LogP contribution in [-0.2, 0) is 0 Å². The van der Waals surface area contributed by atoms with Crippen LogP contribution in [0.5, 0.6) is 5.75 Å². The number of para-hydroxylation sites is 1. The predicted octanol–water partition coefficient (Wildman–Crippen LogP) is 6.42. The highest BCUT2D eigenvalue weighted by Crippen LogP contribution is 2.34. The molecule has 0 spiro atoms. The number of aromatic nitrogens is 4. The minimum atomic E-state index is -0.734. The lowest BCUT2D eigenvalue weighted by Crippen LogP contribution is -2.26. The van der Waals surface area contributed by atoms with E-state index in [1.54, 1.807) is 10.8 Å². The Balaban J connectivity index is 1.53. The first-order valence-corrected chi connectivity index (χ1v) is 13.3. The maximum atomic E-state index is 14.4. The predicted molar refractivity (Wildman–Crippen MR) is 163 cm³/mol.